The lowest BCUT2D eigenvalue weighted by atomic mass is 9.88. The van der Waals surface area contributed by atoms with Gasteiger partial charge in [0, 0.05) is 19.1 Å². The summed E-state index contributed by atoms with van der Waals surface area (Å²) in [5, 5.41) is 0. The Balaban J connectivity index is 2.01. The lowest BCUT2D eigenvalue weighted by molar-refractivity contribution is -0.120. The van der Waals surface area contributed by atoms with Gasteiger partial charge in [0.2, 0.25) is 6.41 Å². The Bertz CT molecular complexity index is 214. The number of hydrogen-bond acceptors (Lipinski definition) is 2. The summed E-state index contributed by atoms with van der Waals surface area (Å²) < 4.78 is 0. The van der Waals surface area contributed by atoms with Crippen LogP contribution in [0.25, 0.3) is 0 Å². The Morgan fingerprint density at radius 2 is 1.80 bits per heavy atom. The summed E-state index contributed by atoms with van der Waals surface area (Å²) in [5.41, 5.74) is 0. The van der Waals surface area contributed by atoms with Gasteiger partial charge in [0.05, 0.1) is 0 Å². The second kappa shape index (κ2) is 4.97. The Hall–Kier alpha value is -0.570. The smallest absolute Gasteiger partial charge is 0.209 e. The summed E-state index contributed by atoms with van der Waals surface area (Å²) in [6.45, 7) is 2.49. The molecule has 0 aromatic carbocycles. The SMILES string of the molecule is CN(C=O)[C@H]1CCCC[C@@H]1N1CCCC1. The molecule has 15 heavy (non-hydrogen) atoms. The molecule has 0 radical (unpaired) electrons. The average molecular weight is 210 g/mol. The number of carbonyl (C=O) groups is 1. The molecule has 86 valence electrons. The maximum Gasteiger partial charge on any atom is 0.209 e. The first kappa shape index (κ1) is 10.9. The van der Waals surface area contributed by atoms with E-state index in [9.17, 15) is 4.79 Å². The summed E-state index contributed by atoms with van der Waals surface area (Å²) >= 11 is 0. The summed E-state index contributed by atoms with van der Waals surface area (Å²) in [6, 6.07) is 1.10. The van der Waals surface area contributed by atoms with Crippen LogP contribution in [0.2, 0.25) is 0 Å². The van der Waals surface area contributed by atoms with Crippen molar-refractivity contribution in [2.24, 2.45) is 0 Å². The zero-order valence-electron chi connectivity index (χ0n) is 9.69. The molecule has 0 N–H and O–H groups in total. The van der Waals surface area contributed by atoms with Gasteiger partial charge in [-0.15, -0.1) is 0 Å². The molecule has 1 aliphatic carbocycles. The van der Waals surface area contributed by atoms with Gasteiger partial charge in [-0.3, -0.25) is 9.69 Å². The van der Waals surface area contributed by atoms with E-state index in [1.807, 2.05) is 11.9 Å². The maximum atomic E-state index is 10.9. The molecule has 3 nitrogen and oxygen atoms in total. The average Bonchev–Trinajstić information content (AvgIpc) is 2.81. The number of likely N-dealkylation sites (tertiary alicyclic amines) is 1. The van der Waals surface area contributed by atoms with Crippen LogP contribution in [0, 0.1) is 0 Å². The van der Waals surface area contributed by atoms with Crippen molar-refractivity contribution in [2.45, 2.75) is 50.6 Å². The van der Waals surface area contributed by atoms with Crippen molar-refractivity contribution in [3.05, 3.63) is 0 Å². The molecule has 2 fully saturated rings. The number of amides is 1. The highest BCUT2D eigenvalue weighted by molar-refractivity contribution is 5.47. The third-order valence-corrected chi connectivity index (χ3v) is 3.99. The first-order valence-electron chi connectivity index (χ1n) is 6.24. The van der Waals surface area contributed by atoms with E-state index in [-0.39, 0.29) is 0 Å². The largest absolute Gasteiger partial charge is 0.344 e. The third-order valence-electron chi connectivity index (χ3n) is 3.99. The second-order valence-corrected chi connectivity index (χ2v) is 4.93. The van der Waals surface area contributed by atoms with Crippen LogP contribution in [0.3, 0.4) is 0 Å². The number of nitrogens with zero attached hydrogens (tertiary/aromatic N) is 2. The summed E-state index contributed by atoms with van der Waals surface area (Å²) in [5.74, 6) is 0. The molecule has 2 atom stereocenters. The van der Waals surface area contributed by atoms with Gasteiger partial charge in [-0.05, 0) is 38.8 Å². The fourth-order valence-corrected chi connectivity index (χ4v) is 3.14. The van der Waals surface area contributed by atoms with Gasteiger partial charge in [0.15, 0.2) is 0 Å². The van der Waals surface area contributed by atoms with Gasteiger partial charge in [0.1, 0.15) is 0 Å². The first-order valence-corrected chi connectivity index (χ1v) is 6.24. The Labute approximate surface area is 92.4 Å². The van der Waals surface area contributed by atoms with Crippen molar-refractivity contribution in [3.63, 3.8) is 0 Å². The van der Waals surface area contributed by atoms with E-state index in [1.165, 1.54) is 51.6 Å². The highest BCUT2D eigenvalue weighted by atomic mass is 16.1. The third kappa shape index (κ3) is 2.33. The minimum absolute atomic E-state index is 0.467. The van der Waals surface area contributed by atoms with Gasteiger partial charge in [0.25, 0.3) is 0 Å². The second-order valence-electron chi connectivity index (χ2n) is 4.93. The molecule has 1 heterocycles. The minimum atomic E-state index is 0.467. The van der Waals surface area contributed by atoms with Crippen molar-refractivity contribution in [3.8, 4) is 0 Å². The molecule has 2 rings (SSSR count). The molecule has 1 aliphatic heterocycles. The predicted octanol–water partition coefficient (Wildman–Crippen LogP) is 1.48. The van der Waals surface area contributed by atoms with Crippen LogP contribution < -0.4 is 0 Å². The number of carbonyl (C=O) groups excluding carboxylic acids is 1. The van der Waals surface area contributed by atoms with Crippen molar-refractivity contribution in [1.82, 2.24) is 9.80 Å². The first-order chi connectivity index (χ1) is 7.33. The van der Waals surface area contributed by atoms with Gasteiger partial charge in [-0.2, -0.15) is 0 Å². The highest BCUT2D eigenvalue weighted by Crippen LogP contribution is 2.28. The molecule has 0 unspecified atom stereocenters. The van der Waals surface area contributed by atoms with Gasteiger partial charge in [-0.1, -0.05) is 12.8 Å². The highest BCUT2D eigenvalue weighted by Gasteiger charge is 2.33. The zero-order valence-corrected chi connectivity index (χ0v) is 9.69. The molecular formula is C12H22N2O. The summed E-state index contributed by atoms with van der Waals surface area (Å²) in [4.78, 5) is 15.4. The molecule has 1 saturated carbocycles. The van der Waals surface area contributed by atoms with Crippen LogP contribution in [-0.2, 0) is 4.79 Å². The molecule has 0 spiro atoms. The van der Waals surface area contributed by atoms with Crippen molar-refractivity contribution >= 4 is 6.41 Å². The van der Waals surface area contributed by atoms with Crippen LogP contribution in [0.5, 0.6) is 0 Å². The van der Waals surface area contributed by atoms with E-state index >= 15 is 0 Å². The van der Waals surface area contributed by atoms with E-state index in [1.54, 1.807) is 0 Å². The summed E-state index contributed by atoms with van der Waals surface area (Å²) in [6.07, 6.45) is 8.78. The minimum Gasteiger partial charge on any atom is -0.344 e. The van der Waals surface area contributed by atoms with Crippen LogP contribution in [0.1, 0.15) is 38.5 Å². The number of likely N-dealkylation sites (N-methyl/N-ethyl adjacent to an activating group) is 1. The molecule has 3 heteroatoms. The van der Waals surface area contributed by atoms with Crippen LogP contribution in [0.15, 0.2) is 0 Å². The van der Waals surface area contributed by atoms with Crippen molar-refractivity contribution in [1.29, 1.82) is 0 Å². The van der Waals surface area contributed by atoms with Crippen LogP contribution in [-0.4, -0.2) is 48.4 Å². The molecule has 1 amide bonds. The van der Waals surface area contributed by atoms with Crippen LogP contribution in [0.4, 0.5) is 0 Å². The Morgan fingerprint density at radius 3 is 2.47 bits per heavy atom. The topological polar surface area (TPSA) is 23.6 Å². The summed E-state index contributed by atoms with van der Waals surface area (Å²) in [7, 11) is 1.94. The van der Waals surface area contributed by atoms with E-state index in [0.717, 1.165) is 6.41 Å². The van der Waals surface area contributed by atoms with E-state index in [4.69, 9.17) is 0 Å². The molecule has 0 aromatic rings. The van der Waals surface area contributed by atoms with Gasteiger partial charge in [-0.25, -0.2) is 0 Å². The fourth-order valence-electron chi connectivity index (χ4n) is 3.14. The maximum absolute atomic E-state index is 10.9. The monoisotopic (exact) mass is 210 g/mol. The molecule has 2 aliphatic rings. The van der Waals surface area contributed by atoms with E-state index in [2.05, 4.69) is 4.90 Å². The standard InChI is InChI=1S/C12H22N2O/c1-13(10-15)11-6-2-3-7-12(11)14-8-4-5-9-14/h10-12H,2-9H2,1H3/t11-,12-/m0/s1. The van der Waals surface area contributed by atoms with Crippen molar-refractivity contribution in [2.75, 3.05) is 20.1 Å². The zero-order chi connectivity index (χ0) is 10.7. The van der Waals surface area contributed by atoms with E-state index in [0.29, 0.717) is 12.1 Å². The van der Waals surface area contributed by atoms with Crippen molar-refractivity contribution < 1.29 is 4.79 Å². The molecule has 1 saturated heterocycles. The molecule has 0 aromatic heterocycles. The lowest BCUT2D eigenvalue weighted by Gasteiger charge is -2.41. The lowest BCUT2D eigenvalue weighted by Crippen LogP contribution is -2.51. The normalized spacial score (nSPS) is 32.9. The van der Waals surface area contributed by atoms with Crippen LogP contribution >= 0.6 is 0 Å². The molecule has 0 bridgehead atoms. The quantitative estimate of drug-likeness (QED) is 0.659. The Morgan fingerprint density at radius 1 is 1.13 bits per heavy atom. The Kier molecular flexibility index (Phi) is 3.62. The number of rotatable bonds is 3. The predicted molar refractivity (Wildman–Crippen MR) is 60.7 cm³/mol. The van der Waals surface area contributed by atoms with Gasteiger partial charge < -0.3 is 4.90 Å². The van der Waals surface area contributed by atoms with Gasteiger partial charge >= 0.3 is 0 Å². The fraction of sp³-hybridized carbons (Fsp3) is 0.917. The van der Waals surface area contributed by atoms with E-state index < -0.39 is 0 Å². The number of hydrogen-bond donors (Lipinski definition) is 0. The molecular weight excluding hydrogens is 188 g/mol.